The minimum absolute atomic E-state index is 0.145. The Balaban J connectivity index is 2.40. The Labute approximate surface area is 112 Å². The number of nitrogens with two attached hydrogens (primary N) is 1. The summed E-state index contributed by atoms with van der Waals surface area (Å²) in [5, 5.41) is 7.49. The van der Waals surface area contributed by atoms with Gasteiger partial charge in [0.2, 0.25) is 5.95 Å². The lowest BCUT2D eigenvalue weighted by Gasteiger charge is -2.08. The predicted octanol–water partition coefficient (Wildman–Crippen LogP) is 1.81. The summed E-state index contributed by atoms with van der Waals surface area (Å²) >= 11 is 11.9. The van der Waals surface area contributed by atoms with E-state index >= 15 is 0 Å². The lowest BCUT2D eigenvalue weighted by molar-refractivity contribution is 0.700. The minimum Gasteiger partial charge on any atom is -0.379 e. The van der Waals surface area contributed by atoms with E-state index in [2.05, 4.69) is 15.4 Å². The maximum absolute atomic E-state index is 11.3. The molecule has 0 aliphatic rings. The molecule has 0 unspecified atom stereocenters. The fraction of sp³-hybridized carbons (Fsp3) is 0.100. The van der Waals surface area contributed by atoms with Crippen LogP contribution in [0.25, 0.3) is 0 Å². The van der Waals surface area contributed by atoms with Gasteiger partial charge in [0, 0.05) is 7.05 Å². The summed E-state index contributed by atoms with van der Waals surface area (Å²) in [6, 6.07) is 5.09. The summed E-state index contributed by atoms with van der Waals surface area (Å²) < 4.78 is 1.09. The third-order valence-electron chi connectivity index (χ3n) is 2.18. The first-order valence-electron chi connectivity index (χ1n) is 4.91. The molecule has 0 bridgehead atoms. The second-order valence-electron chi connectivity index (χ2n) is 3.48. The Morgan fingerprint density at radius 2 is 2.11 bits per heavy atom. The van der Waals surface area contributed by atoms with Crippen LogP contribution in [0, 0.1) is 0 Å². The van der Waals surface area contributed by atoms with Crippen molar-refractivity contribution in [1.29, 1.82) is 0 Å². The molecule has 3 N–H and O–H groups in total. The van der Waals surface area contributed by atoms with Crippen molar-refractivity contribution in [2.45, 2.75) is 0 Å². The molecule has 0 saturated carbocycles. The molecule has 0 aliphatic heterocycles. The van der Waals surface area contributed by atoms with Crippen LogP contribution in [0.5, 0.6) is 0 Å². The molecule has 0 radical (unpaired) electrons. The van der Waals surface area contributed by atoms with E-state index in [1.807, 2.05) is 0 Å². The molecular formula is C10H9Cl2N5O. The van der Waals surface area contributed by atoms with Crippen molar-refractivity contribution in [2.75, 3.05) is 11.1 Å². The Hall–Kier alpha value is -1.79. The van der Waals surface area contributed by atoms with Crippen molar-refractivity contribution in [3.8, 4) is 0 Å². The van der Waals surface area contributed by atoms with Gasteiger partial charge in [-0.15, -0.1) is 5.10 Å². The summed E-state index contributed by atoms with van der Waals surface area (Å²) in [6.45, 7) is 0. The van der Waals surface area contributed by atoms with Crippen molar-refractivity contribution in [3.63, 3.8) is 0 Å². The molecule has 2 rings (SSSR count). The minimum atomic E-state index is -0.460. The fourth-order valence-electron chi connectivity index (χ4n) is 1.31. The van der Waals surface area contributed by atoms with E-state index in [-0.39, 0.29) is 11.8 Å². The highest BCUT2D eigenvalue weighted by Gasteiger charge is 2.08. The third kappa shape index (κ3) is 2.39. The topological polar surface area (TPSA) is 85.8 Å². The highest BCUT2D eigenvalue weighted by Crippen LogP contribution is 2.30. The van der Waals surface area contributed by atoms with E-state index in [9.17, 15) is 4.79 Å². The van der Waals surface area contributed by atoms with Gasteiger partial charge in [0.15, 0.2) is 5.82 Å². The van der Waals surface area contributed by atoms with Crippen LogP contribution < -0.4 is 16.6 Å². The Morgan fingerprint density at radius 3 is 2.78 bits per heavy atom. The van der Waals surface area contributed by atoms with Gasteiger partial charge in [-0.2, -0.15) is 4.98 Å². The average Bonchev–Trinajstić information content (AvgIpc) is 2.32. The molecule has 0 fully saturated rings. The highest BCUT2D eigenvalue weighted by atomic mass is 35.5. The number of anilines is 3. The largest absolute Gasteiger partial charge is 0.379 e. The van der Waals surface area contributed by atoms with Crippen LogP contribution in [0.1, 0.15) is 0 Å². The zero-order chi connectivity index (χ0) is 13.3. The van der Waals surface area contributed by atoms with Crippen molar-refractivity contribution in [3.05, 3.63) is 38.6 Å². The molecular weight excluding hydrogens is 277 g/mol. The lowest BCUT2D eigenvalue weighted by atomic mass is 10.3. The second kappa shape index (κ2) is 4.83. The van der Waals surface area contributed by atoms with E-state index in [1.165, 1.54) is 7.05 Å². The quantitative estimate of drug-likeness (QED) is 0.879. The van der Waals surface area contributed by atoms with Gasteiger partial charge in [0.25, 0.3) is 0 Å². The molecule has 0 atom stereocenters. The van der Waals surface area contributed by atoms with E-state index in [1.54, 1.807) is 18.2 Å². The van der Waals surface area contributed by atoms with Crippen LogP contribution in [0.4, 0.5) is 17.5 Å². The standard InChI is InChI=1S/C10H9Cl2N5O/c1-17-9(18)8(13)15-10(16-17)14-6-4-2-3-5(11)7(6)12/h2-4H,1H3,(H3,13,14,15,16). The first-order valence-corrected chi connectivity index (χ1v) is 5.66. The average molecular weight is 286 g/mol. The highest BCUT2D eigenvalue weighted by molar-refractivity contribution is 6.43. The van der Waals surface area contributed by atoms with Gasteiger partial charge < -0.3 is 11.1 Å². The van der Waals surface area contributed by atoms with Crippen LogP contribution in [-0.4, -0.2) is 14.8 Å². The lowest BCUT2D eigenvalue weighted by Crippen LogP contribution is -2.25. The number of aryl methyl sites for hydroxylation is 1. The molecule has 1 heterocycles. The number of aromatic nitrogens is 3. The molecule has 1 aromatic heterocycles. The molecule has 0 saturated heterocycles. The van der Waals surface area contributed by atoms with E-state index in [4.69, 9.17) is 28.9 Å². The first-order chi connectivity index (χ1) is 8.49. The van der Waals surface area contributed by atoms with Gasteiger partial charge in [-0.25, -0.2) is 4.68 Å². The molecule has 2 aromatic rings. The number of nitrogen functional groups attached to an aromatic ring is 1. The maximum Gasteiger partial charge on any atom is 0.309 e. The summed E-state index contributed by atoms with van der Waals surface area (Å²) in [7, 11) is 1.48. The number of nitrogens with zero attached hydrogens (tertiary/aromatic N) is 3. The smallest absolute Gasteiger partial charge is 0.309 e. The fourth-order valence-corrected chi connectivity index (χ4v) is 1.66. The molecule has 6 nitrogen and oxygen atoms in total. The molecule has 1 aromatic carbocycles. The maximum atomic E-state index is 11.3. The molecule has 0 spiro atoms. The van der Waals surface area contributed by atoms with E-state index in [0.717, 1.165) is 4.68 Å². The van der Waals surface area contributed by atoms with Gasteiger partial charge in [-0.1, -0.05) is 29.3 Å². The SMILES string of the molecule is Cn1nc(Nc2cccc(Cl)c2Cl)nc(N)c1=O. The Kier molecular flexibility index (Phi) is 3.40. The monoisotopic (exact) mass is 285 g/mol. The van der Waals surface area contributed by atoms with Crippen LogP contribution in [0.15, 0.2) is 23.0 Å². The number of hydrogen-bond donors (Lipinski definition) is 2. The number of nitrogens with one attached hydrogen (secondary N) is 1. The number of halogens is 2. The van der Waals surface area contributed by atoms with Crippen LogP contribution in [0.3, 0.4) is 0 Å². The van der Waals surface area contributed by atoms with Gasteiger partial charge in [-0.05, 0) is 12.1 Å². The van der Waals surface area contributed by atoms with E-state index < -0.39 is 5.56 Å². The Bertz CT molecular complexity index is 629. The third-order valence-corrected chi connectivity index (χ3v) is 3.00. The van der Waals surface area contributed by atoms with Crippen LogP contribution in [-0.2, 0) is 7.05 Å². The van der Waals surface area contributed by atoms with Gasteiger partial charge in [0.05, 0.1) is 15.7 Å². The second-order valence-corrected chi connectivity index (χ2v) is 4.26. The van der Waals surface area contributed by atoms with Gasteiger partial charge in [-0.3, -0.25) is 4.79 Å². The van der Waals surface area contributed by atoms with E-state index in [0.29, 0.717) is 15.7 Å². The summed E-state index contributed by atoms with van der Waals surface area (Å²) in [4.78, 5) is 15.2. The van der Waals surface area contributed by atoms with Crippen LogP contribution >= 0.6 is 23.2 Å². The van der Waals surface area contributed by atoms with Gasteiger partial charge >= 0.3 is 5.56 Å². The summed E-state index contributed by atoms with van der Waals surface area (Å²) in [6.07, 6.45) is 0. The van der Waals surface area contributed by atoms with Crippen molar-refractivity contribution in [1.82, 2.24) is 14.8 Å². The number of benzene rings is 1. The first kappa shape index (κ1) is 12.7. The zero-order valence-electron chi connectivity index (χ0n) is 9.32. The molecule has 0 amide bonds. The zero-order valence-corrected chi connectivity index (χ0v) is 10.8. The normalized spacial score (nSPS) is 10.4. The summed E-state index contributed by atoms with van der Waals surface area (Å²) in [5.74, 6) is 0.0203. The van der Waals surface area contributed by atoms with Crippen molar-refractivity contribution in [2.24, 2.45) is 7.05 Å². The molecule has 18 heavy (non-hydrogen) atoms. The Morgan fingerprint density at radius 1 is 1.39 bits per heavy atom. The van der Waals surface area contributed by atoms with Crippen molar-refractivity contribution < 1.29 is 0 Å². The predicted molar refractivity (Wildman–Crippen MR) is 71.4 cm³/mol. The van der Waals surface area contributed by atoms with Crippen molar-refractivity contribution >= 4 is 40.7 Å². The van der Waals surface area contributed by atoms with Crippen LogP contribution in [0.2, 0.25) is 10.0 Å². The van der Waals surface area contributed by atoms with Gasteiger partial charge in [0.1, 0.15) is 0 Å². The number of rotatable bonds is 2. The molecule has 8 heteroatoms. The molecule has 0 aliphatic carbocycles. The number of hydrogen-bond acceptors (Lipinski definition) is 5. The summed E-state index contributed by atoms with van der Waals surface area (Å²) in [5.41, 5.74) is 5.53. The molecule has 94 valence electrons.